The summed E-state index contributed by atoms with van der Waals surface area (Å²) in [6.07, 6.45) is 3.06. The molecule has 0 saturated carbocycles. The smallest absolute Gasteiger partial charge is 0.247 e. The van der Waals surface area contributed by atoms with Gasteiger partial charge in [0, 0.05) is 55.9 Å². The molecular formula is C25H28N8O. The van der Waals surface area contributed by atoms with Crippen LogP contribution in [0.2, 0.25) is 0 Å². The van der Waals surface area contributed by atoms with Gasteiger partial charge in [-0.25, -0.2) is 0 Å². The second kappa shape index (κ2) is 9.40. The van der Waals surface area contributed by atoms with Crippen molar-refractivity contribution in [2.24, 2.45) is 4.99 Å². The zero-order valence-electron chi connectivity index (χ0n) is 19.1. The van der Waals surface area contributed by atoms with Crippen molar-refractivity contribution in [1.29, 1.82) is 0 Å². The first-order valence-corrected chi connectivity index (χ1v) is 11.3. The number of aromatic amines is 1. The molecule has 1 atom stereocenters. The molecule has 0 radical (unpaired) electrons. The molecule has 1 unspecified atom stereocenters. The Hall–Kier alpha value is -4.11. The maximum atomic E-state index is 11.8. The summed E-state index contributed by atoms with van der Waals surface area (Å²) >= 11 is 0. The van der Waals surface area contributed by atoms with E-state index in [0.717, 1.165) is 43.0 Å². The predicted molar refractivity (Wildman–Crippen MR) is 136 cm³/mol. The van der Waals surface area contributed by atoms with Gasteiger partial charge in [0.05, 0.1) is 12.2 Å². The Morgan fingerprint density at radius 1 is 1.15 bits per heavy atom. The first-order valence-electron chi connectivity index (χ1n) is 11.3. The minimum atomic E-state index is -0.244. The lowest BCUT2D eigenvalue weighted by molar-refractivity contribution is -0.111. The van der Waals surface area contributed by atoms with Crippen molar-refractivity contribution in [3.63, 3.8) is 0 Å². The van der Waals surface area contributed by atoms with E-state index < -0.39 is 0 Å². The lowest BCUT2D eigenvalue weighted by atomic mass is 9.98. The van der Waals surface area contributed by atoms with Crippen LogP contribution in [0.5, 0.6) is 0 Å². The number of amides is 1. The summed E-state index contributed by atoms with van der Waals surface area (Å²) in [5, 5.41) is 17.0. The largest absolute Gasteiger partial charge is 0.369 e. The van der Waals surface area contributed by atoms with Crippen molar-refractivity contribution in [3.8, 4) is 0 Å². The zero-order chi connectivity index (χ0) is 23.5. The van der Waals surface area contributed by atoms with Gasteiger partial charge >= 0.3 is 0 Å². The first-order chi connectivity index (χ1) is 16.6. The SMILES string of the molecule is C=CC(=O)Nc1cccc(C2c3cn[nH]c3N=C(Nc3cccc(N4CCNCC4)c3)N2C)c1. The molecular weight excluding hydrogens is 428 g/mol. The molecule has 1 aromatic heterocycles. The zero-order valence-corrected chi connectivity index (χ0v) is 19.1. The van der Waals surface area contributed by atoms with Crippen molar-refractivity contribution >= 4 is 34.7 Å². The fourth-order valence-corrected chi connectivity index (χ4v) is 4.43. The summed E-state index contributed by atoms with van der Waals surface area (Å²) in [4.78, 5) is 21.1. The van der Waals surface area contributed by atoms with Gasteiger partial charge in [0.25, 0.3) is 0 Å². The van der Waals surface area contributed by atoms with Crippen LogP contribution in [0, 0.1) is 0 Å². The molecule has 4 N–H and O–H groups in total. The van der Waals surface area contributed by atoms with E-state index in [4.69, 9.17) is 4.99 Å². The van der Waals surface area contributed by atoms with Gasteiger partial charge in [-0.2, -0.15) is 10.1 Å². The Labute approximate surface area is 198 Å². The Bertz CT molecular complexity index is 1230. The number of carbonyl (C=O) groups excluding carboxylic acids is 1. The molecule has 3 heterocycles. The molecule has 1 saturated heterocycles. The van der Waals surface area contributed by atoms with E-state index in [0.29, 0.717) is 17.5 Å². The fraction of sp³-hybridized carbons (Fsp3) is 0.240. The van der Waals surface area contributed by atoms with Crippen molar-refractivity contribution in [2.45, 2.75) is 6.04 Å². The van der Waals surface area contributed by atoms with E-state index >= 15 is 0 Å². The molecule has 174 valence electrons. The lowest BCUT2D eigenvalue weighted by Gasteiger charge is -2.34. The standard InChI is InChI=1S/C25H28N8O/c1-3-22(34)28-18-7-4-6-17(14-18)23-21-16-27-31-24(21)30-25(32(23)2)29-19-8-5-9-20(15-19)33-12-10-26-11-13-33/h3-9,14-16,23,26H,1,10-13H2,2H3,(H,28,34)(H2,27,29,30,31). The number of anilines is 3. The molecule has 0 bridgehead atoms. The molecule has 2 aliphatic heterocycles. The van der Waals surface area contributed by atoms with Crippen LogP contribution in [0.3, 0.4) is 0 Å². The van der Waals surface area contributed by atoms with Crippen LogP contribution in [0.1, 0.15) is 17.2 Å². The molecule has 9 nitrogen and oxygen atoms in total. The molecule has 5 rings (SSSR count). The van der Waals surface area contributed by atoms with Crippen LogP contribution in [0.25, 0.3) is 0 Å². The van der Waals surface area contributed by atoms with Crippen molar-refractivity contribution in [2.75, 3.05) is 48.8 Å². The maximum absolute atomic E-state index is 11.8. The summed E-state index contributed by atoms with van der Waals surface area (Å²) in [5.74, 6) is 1.18. The van der Waals surface area contributed by atoms with Gasteiger partial charge in [-0.15, -0.1) is 0 Å². The van der Waals surface area contributed by atoms with Crippen molar-refractivity contribution in [1.82, 2.24) is 20.4 Å². The highest BCUT2D eigenvalue weighted by atomic mass is 16.1. The van der Waals surface area contributed by atoms with Crippen LogP contribution in [-0.2, 0) is 4.79 Å². The topological polar surface area (TPSA) is 101 Å². The summed E-state index contributed by atoms with van der Waals surface area (Å²) < 4.78 is 0. The average molecular weight is 457 g/mol. The Morgan fingerprint density at radius 2 is 1.94 bits per heavy atom. The number of nitrogens with one attached hydrogen (secondary N) is 4. The molecule has 34 heavy (non-hydrogen) atoms. The summed E-state index contributed by atoms with van der Waals surface area (Å²) in [7, 11) is 2.00. The number of carbonyl (C=O) groups is 1. The Balaban J connectivity index is 1.43. The number of hydrogen-bond acceptors (Lipinski definition) is 7. The number of hydrogen-bond donors (Lipinski definition) is 4. The third kappa shape index (κ3) is 4.38. The monoisotopic (exact) mass is 456 g/mol. The van der Waals surface area contributed by atoms with Crippen molar-refractivity contribution < 1.29 is 4.79 Å². The number of rotatable bonds is 5. The quantitative estimate of drug-likeness (QED) is 0.440. The number of nitrogens with zero attached hydrogens (tertiary/aromatic N) is 4. The van der Waals surface area contributed by atoms with Gasteiger partial charge in [-0.1, -0.05) is 24.8 Å². The average Bonchev–Trinajstić information content (AvgIpc) is 3.33. The van der Waals surface area contributed by atoms with E-state index in [1.807, 2.05) is 37.4 Å². The summed E-state index contributed by atoms with van der Waals surface area (Å²) in [6, 6.07) is 16.1. The molecule has 3 aromatic rings. The van der Waals surface area contributed by atoms with Crippen LogP contribution < -0.4 is 20.9 Å². The third-order valence-corrected chi connectivity index (χ3v) is 6.12. The minimum Gasteiger partial charge on any atom is -0.369 e. The van der Waals surface area contributed by atoms with Crippen LogP contribution >= 0.6 is 0 Å². The molecule has 1 fully saturated rings. The van der Waals surface area contributed by atoms with E-state index in [1.54, 1.807) is 6.20 Å². The van der Waals surface area contributed by atoms with E-state index in [1.165, 1.54) is 11.8 Å². The normalized spacial score (nSPS) is 17.6. The highest BCUT2D eigenvalue weighted by Crippen LogP contribution is 2.38. The number of guanidine groups is 1. The lowest BCUT2D eigenvalue weighted by Crippen LogP contribution is -2.43. The number of H-pyrrole nitrogens is 1. The summed E-state index contributed by atoms with van der Waals surface area (Å²) in [5.41, 5.74) is 4.84. The molecule has 0 aliphatic carbocycles. The highest BCUT2D eigenvalue weighted by Gasteiger charge is 2.30. The highest BCUT2D eigenvalue weighted by molar-refractivity contribution is 5.99. The van der Waals surface area contributed by atoms with E-state index in [2.05, 4.69) is 60.7 Å². The Morgan fingerprint density at radius 3 is 2.76 bits per heavy atom. The summed E-state index contributed by atoms with van der Waals surface area (Å²) in [6.45, 7) is 7.48. The fourth-order valence-electron chi connectivity index (χ4n) is 4.43. The van der Waals surface area contributed by atoms with E-state index in [9.17, 15) is 4.79 Å². The second-order valence-corrected chi connectivity index (χ2v) is 8.35. The van der Waals surface area contributed by atoms with Gasteiger partial charge in [-0.05, 0) is 42.0 Å². The molecule has 9 heteroatoms. The second-order valence-electron chi connectivity index (χ2n) is 8.35. The van der Waals surface area contributed by atoms with Gasteiger partial charge in [-0.3, -0.25) is 9.89 Å². The Kier molecular flexibility index (Phi) is 6.01. The number of benzene rings is 2. The van der Waals surface area contributed by atoms with Gasteiger partial charge in [0.1, 0.15) is 0 Å². The van der Waals surface area contributed by atoms with Gasteiger partial charge in [0.2, 0.25) is 11.9 Å². The number of piperazine rings is 1. The van der Waals surface area contributed by atoms with Crippen molar-refractivity contribution in [3.05, 3.63) is 78.5 Å². The number of aromatic nitrogens is 2. The molecule has 2 aliphatic rings. The van der Waals surface area contributed by atoms with Gasteiger partial charge in [0.15, 0.2) is 5.82 Å². The first kappa shape index (κ1) is 21.7. The maximum Gasteiger partial charge on any atom is 0.247 e. The predicted octanol–water partition coefficient (Wildman–Crippen LogP) is 3.08. The minimum absolute atomic E-state index is 0.134. The number of aliphatic imine (C=N–C) groups is 1. The van der Waals surface area contributed by atoms with Gasteiger partial charge < -0.3 is 25.8 Å². The molecule has 2 aromatic carbocycles. The third-order valence-electron chi connectivity index (χ3n) is 6.12. The van der Waals surface area contributed by atoms with Crippen LogP contribution in [0.15, 0.2) is 72.4 Å². The molecule has 0 spiro atoms. The molecule has 1 amide bonds. The van der Waals surface area contributed by atoms with Crippen LogP contribution in [-0.4, -0.2) is 60.2 Å². The van der Waals surface area contributed by atoms with Crippen LogP contribution in [0.4, 0.5) is 22.9 Å². The van der Waals surface area contributed by atoms with E-state index in [-0.39, 0.29) is 11.9 Å². The number of fused-ring (bicyclic) bond motifs is 1.